The van der Waals surface area contributed by atoms with Crippen LogP contribution in [0.2, 0.25) is 10.0 Å². The molecule has 2 aromatic rings. The van der Waals surface area contributed by atoms with Gasteiger partial charge >= 0.3 is 0 Å². The predicted molar refractivity (Wildman–Crippen MR) is 82.9 cm³/mol. The lowest BCUT2D eigenvalue weighted by molar-refractivity contribution is 0.607. The zero-order valence-electron chi connectivity index (χ0n) is 9.64. The molecule has 1 atom stereocenters. The molecule has 0 aromatic heterocycles. The van der Waals surface area contributed by atoms with E-state index in [1.54, 1.807) is 18.2 Å². The molecule has 0 saturated heterocycles. The third-order valence-electron chi connectivity index (χ3n) is 2.75. The fourth-order valence-corrected chi connectivity index (χ4v) is 2.70. The molecule has 0 spiro atoms. The van der Waals surface area contributed by atoms with E-state index in [1.807, 2.05) is 12.1 Å². The third-order valence-corrected chi connectivity index (χ3v) is 4.74. The highest BCUT2D eigenvalue weighted by Crippen LogP contribution is 2.33. The summed E-state index contributed by atoms with van der Waals surface area (Å²) in [6.45, 7) is 0. The van der Waals surface area contributed by atoms with Crippen LogP contribution in [0.1, 0.15) is 16.5 Å². The van der Waals surface area contributed by atoms with E-state index in [1.165, 1.54) is 6.07 Å². The Kier molecular flexibility index (Phi) is 5.13. The number of hydrogen-bond donors (Lipinski definition) is 0. The topological polar surface area (TPSA) is 0 Å². The fraction of sp³-hybridized carbons (Fsp3) is 0.143. The first-order valence-corrected chi connectivity index (χ1v) is 7.49. The largest absolute Gasteiger partial charge is 0.207 e. The van der Waals surface area contributed by atoms with Gasteiger partial charge in [-0.1, -0.05) is 35.3 Å². The van der Waals surface area contributed by atoms with Crippen molar-refractivity contribution in [1.29, 1.82) is 0 Å². The van der Waals surface area contributed by atoms with E-state index in [0.717, 1.165) is 10.0 Å². The van der Waals surface area contributed by atoms with E-state index in [4.69, 9.17) is 34.8 Å². The van der Waals surface area contributed by atoms with Gasteiger partial charge in [0.25, 0.3) is 0 Å². The highest BCUT2D eigenvalue weighted by atomic mass is 79.9. The van der Waals surface area contributed by atoms with Crippen molar-refractivity contribution >= 4 is 50.7 Å². The summed E-state index contributed by atoms with van der Waals surface area (Å²) in [5.74, 6) is -0.346. The Hall–Kier alpha value is -0.280. The molecule has 100 valence electrons. The van der Waals surface area contributed by atoms with E-state index in [0.29, 0.717) is 22.0 Å². The van der Waals surface area contributed by atoms with Gasteiger partial charge in [-0.25, -0.2) is 4.39 Å². The number of hydrogen-bond acceptors (Lipinski definition) is 0. The van der Waals surface area contributed by atoms with Crippen molar-refractivity contribution in [3.8, 4) is 0 Å². The predicted octanol–water partition coefficient (Wildman–Crippen LogP) is 6.42. The summed E-state index contributed by atoms with van der Waals surface area (Å²) in [5, 5.41) is 0.566. The van der Waals surface area contributed by atoms with Crippen LogP contribution in [0.5, 0.6) is 0 Å². The Morgan fingerprint density at radius 1 is 1.11 bits per heavy atom. The zero-order valence-corrected chi connectivity index (χ0v) is 13.5. The standard InChI is InChI=1S/C14H9BrCl3F/c15-10-5-4-8(6-13(10)18)12(17)7-9-11(16)2-1-3-14(9)19/h1-6,12H,7H2. The average molecular weight is 382 g/mol. The molecular formula is C14H9BrCl3F. The van der Waals surface area contributed by atoms with Crippen LogP contribution in [-0.2, 0) is 6.42 Å². The van der Waals surface area contributed by atoms with Crippen molar-refractivity contribution in [3.05, 3.63) is 67.9 Å². The van der Waals surface area contributed by atoms with Crippen LogP contribution in [0.3, 0.4) is 0 Å². The van der Waals surface area contributed by atoms with Gasteiger partial charge < -0.3 is 0 Å². The van der Waals surface area contributed by atoms with Gasteiger partial charge in [-0.05, 0) is 52.2 Å². The summed E-state index contributed by atoms with van der Waals surface area (Å²) < 4.78 is 14.5. The minimum atomic E-state index is -0.389. The highest BCUT2D eigenvalue weighted by Gasteiger charge is 2.15. The van der Waals surface area contributed by atoms with Gasteiger partial charge in [0.05, 0.1) is 10.4 Å². The first kappa shape index (κ1) is 15.1. The number of benzene rings is 2. The zero-order chi connectivity index (χ0) is 14.0. The molecule has 0 heterocycles. The lowest BCUT2D eigenvalue weighted by Crippen LogP contribution is -1.99. The van der Waals surface area contributed by atoms with Crippen LogP contribution in [-0.4, -0.2) is 0 Å². The Labute approximate surface area is 134 Å². The molecule has 0 fully saturated rings. The van der Waals surface area contributed by atoms with Gasteiger partial charge in [-0.3, -0.25) is 0 Å². The van der Waals surface area contributed by atoms with E-state index in [2.05, 4.69) is 15.9 Å². The van der Waals surface area contributed by atoms with Crippen molar-refractivity contribution in [2.45, 2.75) is 11.8 Å². The normalized spacial score (nSPS) is 12.5. The molecular weight excluding hydrogens is 373 g/mol. The van der Waals surface area contributed by atoms with Crippen LogP contribution in [0.15, 0.2) is 40.9 Å². The molecule has 0 nitrogen and oxygen atoms in total. The second-order valence-electron chi connectivity index (χ2n) is 4.05. The molecule has 0 aliphatic rings. The van der Waals surface area contributed by atoms with Crippen LogP contribution in [0, 0.1) is 5.82 Å². The monoisotopic (exact) mass is 380 g/mol. The molecule has 1 unspecified atom stereocenters. The second kappa shape index (κ2) is 6.45. The van der Waals surface area contributed by atoms with Crippen molar-refractivity contribution in [1.82, 2.24) is 0 Å². The molecule has 0 aliphatic carbocycles. The van der Waals surface area contributed by atoms with Crippen molar-refractivity contribution in [2.24, 2.45) is 0 Å². The number of halogens is 5. The van der Waals surface area contributed by atoms with E-state index in [9.17, 15) is 4.39 Å². The maximum Gasteiger partial charge on any atom is 0.127 e. The van der Waals surface area contributed by atoms with Gasteiger partial charge in [-0.15, -0.1) is 11.6 Å². The summed E-state index contributed by atoms with van der Waals surface area (Å²) in [5.41, 5.74) is 1.25. The van der Waals surface area contributed by atoms with Crippen LogP contribution < -0.4 is 0 Å². The lowest BCUT2D eigenvalue weighted by Gasteiger charge is -2.12. The summed E-state index contributed by atoms with van der Waals surface area (Å²) in [4.78, 5) is 0. The fourth-order valence-electron chi connectivity index (χ4n) is 1.73. The Morgan fingerprint density at radius 3 is 2.47 bits per heavy atom. The second-order valence-corrected chi connectivity index (χ2v) is 6.24. The number of rotatable bonds is 3. The van der Waals surface area contributed by atoms with Crippen molar-refractivity contribution in [2.75, 3.05) is 0 Å². The first-order chi connectivity index (χ1) is 8.99. The van der Waals surface area contributed by atoms with Gasteiger partial charge in [0.15, 0.2) is 0 Å². The van der Waals surface area contributed by atoms with Crippen molar-refractivity contribution < 1.29 is 4.39 Å². The van der Waals surface area contributed by atoms with E-state index < -0.39 is 0 Å². The van der Waals surface area contributed by atoms with E-state index in [-0.39, 0.29) is 11.2 Å². The summed E-state index contributed by atoms with van der Waals surface area (Å²) in [6.07, 6.45) is 0.311. The Balaban J connectivity index is 2.25. The Morgan fingerprint density at radius 2 is 1.84 bits per heavy atom. The van der Waals surface area contributed by atoms with Crippen LogP contribution in [0.25, 0.3) is 0 Å². The average Bonchev–Trinajstić information content (AvgIpc) is 2.37. The quantitative estimate of drug-likeness (QED) is 0.538. The number of alkyl halides is 1. The SMILES string of the molecule is Fc1cccc(Cl)c1CC(Cl)c1ccc(Br)c(Cl)c1. The molecule has 0 N–H and O–H groups in total. The maximum absolute atomic E-state index is 13.7. The maximum atomic E-state index is 13.7. The van der Waals surface area contributed by atoms with Crippen LogP contribution in [0.4, 0.5) is 4.39 Å². The van der Waals surface area contributed by atoms with E-state index >= 15 is 0 Å². The molecule has 0 saturated carbocycles. The minimum Gasteiger partial charge on any atom is -0.207 e. The van der Waals surface area contributed by atoms with Crippen LogP contribution >= 0.6 is 50.7 Å². The first-order valence-electron chi connectivity index (χ1n) is 5.51. The molecule has 0 aliphatic heterocycles. The van der Waals surface area contributed by atoms with Gasteiger partial charge in [0, 0.05) is 15.1 Å². The lowest BCUT2D eigenvalue weighted by atomic mass is 10.0. The molecule has 0 amide bonds. The molecule has 5 heteroatoms. The minimum absolute atomic E-state index is 0.311. The molecule has 0 bridgehead atoms. The Bertz CT molecular complexity index is 581. The molecule has 0 radical (unpaired) electrons. The van der Waals surface area contributed by atoms with Gasteiger partial charge in [-0.2, -0.15) is 0 Å². The molecule has 19 heavy (non-hydrogen) atoms. The van der Waals surface area contributed by atoms with Crippen molar-refractivity contribution in [3.63, 3.8) is 0 Å². The molecule has 2 aromatic carbocycles. The summed E-state index contributed by atoms with van der Waals surface area (Å²) in [7, 11) is 0. The molecule has 2 rings (SSSR count). The smallest absolute Gasteiger partial charge is 0.127 e. The third kappa shape index (κ3) is 3.63. The van der Waals surface area contributed by atoms with Gasteiger partial charge in [0.2, 0.25) is 0 Å². The summed E-state index contributed by atoms with van der Waals surface area (Å²) in [6, 6.07) is 10.0. The summed E-state index contributed by atoms with van der Waals surface area (Å²) >= 11 is 21.6. The van der Waals surface area contributed by atoms with Gasteiger partial charge in [0.1, 0.15) is 5.82 Å². The highest BCUT2D eigenvalue weighted by molar-refractivity contribution is 9.10.